The fourth-order valence-electron chi connectivity index (χ4n) is 4.33. The minimum atomic E-state index is -0.284. The van der Waals surface area contributed by atoms with Crippen LogP contribution >= 0.6 is 0 Å². The van der Waals surface area contributed by atoms with Crippen LogP contribution in [-0.4, -0.2) is 17.4 Å². The Balaban J connectivity index is 1.65. The highest BCUT2D eigenvalue weighted by Gasteiger charge is 2.45. The molecule has 0 bridgehead atoms. The molecular weight excluding hydrogens is 282 g/mol. The Bertz CT molecular complexity index is 701. The van der Waals surface area contributed by atoms with E-state index in [0.717, 1.165) is 45.2 Å². The van der Waals surface area contributed by atoms with Crippen LogP contribution < -0.4 is 0 Å². The molecule has 2 aromatic carbocycles. The number of fused-ring (bicyclic) bond motifs is 1. The van der Waals surface area contributed by atoms with Crippen LogP contribution in [0.25, 0.3) is 0 Å². The number of hydrogen-bond donors (Lipinski definition) is 0. The molecule has 1 aliphatic carbocycles. The van der Waals surface area contributed by atoms with Gasteiger partial charge < -0.3 is 4.90 Å². The smallest absolute Gasteiger partial charge is 0.233 e. The summed E-state index contributed by atoms with van der Waals surface area (Å²) in [4.78, 5) is 15.6. The quantitative estimate of drug-likeness (QED) is 0.818. The van der Waals surface area contributed by atoms with Crippen molar-refractivity contribution in [3.8, 4) is 0 Å². The Kier molecular flexibility index (Phi) is 3.68. The van der Waals surface area contributed by atoms with Crippen molar-refractivity contribution in [1.82, 2.24) is 4.90 Å². The maximum atomic E-state index is 13.5. The lowest BCUT2D eigenvalue weighted by Crippen LogP contribution is -2.47. The molecule has 0 saturated heterocycles. The molecule has 0 spiro atoms. The first-order valence-corrected chi connectivity index (χ1v) is 8.71. The van der Waals surface area contributed by atoms with Crippen LogP contribution in [0.15, 0.2) is 54.6 Å². The summed E-state index contributed by atoms with van der Waals surface area (Å²) in [6.07, 6.45) is 5.28. The molecule has 1 saturated carbocycles. The lowest BCUT2D eigenvalue weighted by molar-refractivity contribution is -0.138. The molecule has 1 heterocycles. The first kappa shape index (κ1) is 14.5. The monoisotopic (exact) mass is 305 g/mol. The van der Waals surface area contributed by atoms with Crippen LogP contribution in [0.1, 0.15) is 42.4 Å². The maximum Gasteiger partial charge on any atom is 0.233 e. The Labute approximate surface area is 138 Å². The van der Waals surface area contributed by atoms with Gasteiger partial charge in [-0.15, -0.1) is 0 Å². The molecule has 23 heavy (non-hydrogen) atoms. The van der Waals surface area contributed by atoms with E-state index in [9.17, 15) is 4.79 Å². The van der Waals surface area contributed by atoms with Gasteiger partial charge in [-0.25, -0.2) is 0 Å². The van der Waals surface area contributed by atoms with E-state index in [-0.39, 0.29) is 5.41 Å². The van der Waals surface area contributed by atoms with Gasteiger partial charge in [0, 0.05) is 13.1 Å². The zero-order chi connectivity index (χ0) is 15.7. The van der Waals surface area contributed by atoms with Gasteiger partial charge in [-0.05, 0) is 36.0 Å². The third kappa shape index (κ3) is 2.46. The van der Waals surface area contributed by atoms with E-state index in [1.807, 2.05) is 6.07 Å². The Hall–Kier alpha value is -2.09. The second-order valence-corrected chi connectivity index (χ2v) is 6.90. The lowest BCUT2D eigenvalue weighted by Gasteiger charge is -2.37. The summed E-state index contributed by atoms with van der Waals surface area (Å²) in [5.41, 5.74) is 3.64. The third-order valence-corrected chi connectivity index (χ3v) is 5.61. The highest BCUT2D eigenvalue weighted by Crippen LogP contribution is 2.43. The van der Waals surface area contributed by atoms with Crippen molar-refractivity contribution in [3.05, 3.63) is 71.3 Å². The van der Waals surface area contributed by atoms with E-state index >= 15 is 0 Å². The van der Waals surface area contributed by atoms with Gasteiger partial charge in [0.1, 0.15) is 0 Å². The zero-order valence-corrected chi connectivity index (χ0v) is 13.5. The fourth-order valence-corrected chi connectivity index (χ4v) is 4.33. The molecule has 2 heteroatoms. The van der Waals surface area contributed by atoms with Crippen molar-refractivity contribution < 1.29 is 4.79 Å². The predicted octanol–water partition coefficient (Wildman–Crippen LogP) is 4.08. The van der Waals surface area contributed by atoms with Crippen LogP contribution in [0.3, 0.4) is 0 Å². The summed E-state index contributed by atoms with van der Waals surface area (Å²) < 4.78 is 0. The van der Waals surface area contributed by atoms with Crippen LogP contribution in [0, 0.1) is 0 Å². The molecule has 0 N–H and O–H groups in total. The maximum absolute atomic E-state index is 13.5. The first-order valence-electron chi connectivity index (χ1n) is 8.71. The number of carbonyl (C=O) groups is 1. The number of carbonyl (C=O) groups excluding carboxylic acids is 1. The van der Waals surface area contributed by atoms with Gasteiger partial charge in [0.15, 0.2) is 0 Å². The van der Waals surface area contributed by atoms with Gasteiger partial charge in [-0.1, -0.05) is 67.4 Å². The van der Waals surface area contributed by atoms with Crippen molar-refractivity contribution in [3.63, 3.8) is 0 Å². The van der Waals surface area contributed by atoms with Gasteiger partial charge in [0.05, 0.1) is 5.41 Å². The normalized spacial score (nSPS) is 19.4. The van der Waals surface area contributed by atoms with E-state index in [2.05, 4.69) is 53.4 Å². The van der Waals surface area contributed by atoms with E-state index < -0.39 is 0 Å². The summed E-state index contributed by atoms with van der Waals surface area (Å²) >= 11 is 0. The summed E-state index contributed by atoms with van der Waals surface area (Å²) in [6, 6.07) is 19.0. The van der Waals surface area contributed by atoms with Crippen LogP contribution in [0.2, 0.25) is 0 Å². The molecule has 2 nitrogen and oxygen atoms in total. The molecule has 2 aromatic rings. The number of rotatable bonds is 2. The zero-order valence-electron chi connectivity index (χ0n) is 13.5. The molecule has 1 aliphatic heterocycles. The minimum absolute atomic E-state index is 0.284. The molecule has 118 valence electrons. The molecule has 1 fully saturated rings. The summed E-state index contributed by atoms with van der Waals surface area (Å²) in [7, 11) is 0. The molecular formula is C21H23NO. The molecule has 0 aromatic heterocycles. The van der Waals surface area contributed by atoms with E-state index in [4.69, 9.17) is 0 Å². The largest absolute Gasteiger partial charge is 0.337 e. The average molecular weight is 305 g/mol. The first-order chi connectivity index (χ1) is 11.3. The molecule has 1 amide bonds. The van der Waals surface area contributed by atoms with Gasteiger partial charge in [0.2, 0.25) is 5.91 Å². The number of hydrogen-bond acceptors (Lipinski definition) is 1. The summed E-state index contributed by atoms with van der Waals surface area (Å²) in [6.45, 7) is 1.62. The minimum Gasteiger partial charge on any atom is -0.337 e. The van der Waals surface area contributed by atoms with Gasteiger partial charge in [-0.3, -0.25) is 4.79 Å². The van der Waals surface area contributed by atoms with E-state index in [1.165, 1.54) is 16.7 Å². The van der Waals surface area contributed by atoms with E-state index in [0.29, 0.717) is 5.91 Å². The van der Waals surface area contributed by atoms with Crippen molar-refractivity contribution in [2.75, 3.05) is 6.54 Å². The van der Waals surface area contributed by atoms with Gasteiger partial charge >= 0.3 is 0 Å². The molecule has 4 rings (SSSR count). The van der Waals surface area contributed by atoms with Crippen molar-refractivity contribution in [1.29, 1.82) is 0 Å². The van der Waals surface area contributed by atoms with E-state index in [1.54, 1.807) is 0 Å². The standard InChI is InChI=1S/C21H23NO/c23-20(22-15-12-17-8-4-5-9-18(17)16-22)21(13-6-7-14-21)19-10-2-1-3-11-19/h1-5,8-11H,6-7,12-16H2. The average Bonchev–Trinajstić information content (AvgIpc) is 3.12. The molecule has 0 atom stereocenters. The van der Waals surface area contributed by atoms with Crippen LogP contribution in [-0.2, 0) is 23.2 Å². The number of benzene rings is 2. The third-order valence-electron chi connectivity index (χ3n) is 5.61. The lowest BCUT2D eigenvalue weighted by atomic mass is 9.77. The Morgan fingerprint density at radius 3 is 2.26 bits per heavy atom. The fraction of sp³-hybridized carbons (Fsp3) is 0.381. The number of amides is 1. The van der Waals surface area contributed by atoms with Crippen molar-refractivity contribution in [2.45, 2.75) is 44.1 Å². The van der Waals surface area contributed by atoms with Gasteiger partial charge in [-0.2, -0.15) is 0 Å². The second-order valence-electron chi connectivity index (χ2n) is 6.90. The van der Waals surface area contributed by atoms with Crippen LogP contribution in [0.4, 0.5) is 0 Å². The van der Waals surface area contributed by atoms with Crippen LogP contribution in [0.5, 0.6) is 0 Å². The highest BCUT2D eigenvalue weighted by molar-refractivity contribution is 5.89. The molecule has 0 unspecified atom stereocenters. The predicted molar refractivity (Wildman–Crippen MR) is 92.2 cm³/mol. The summed E-state index contributed by atoms with van der Waals surface area (Å²) in [5.74, 6) is 0.343. The molecule has 0 radical (unpaired) electrons. The Morgan fingerprint density at radius 1 is 0.870 bits per heavy atom. The topological polar surface area (TPSA) is 20.3 Å². The SMILES string of the molecule is O=C(N1CCc2ccccc2C1)C1(c2ccccc2)CCCC1. The molecule has 2 aliphatic rings. The van der Waals surface area contributed by atoms with Crippen molar-refractivity contribution >= 4 is 5.91 Å². The second kappa shape index (κ2) is 5.84. The van der Waals surface area contributed by atoms with Crippen molar-refractivity contribution in [2.24, 2.45) is 0 Å². The number of nitrogens with zero attached hydrogens (tertiary/aromatic N) is 1. The summed E-state index contributed by atoms with van der Waals surface area (Å²) in [5, 5.41) is 0. The van der Waals surface area contributed by atoms with Gasteiger partial charge in [0.25, 0.3) is 0 Å². The highest BCUT2D eigenvalue weighted by atomic mass is 16.2. The Morgan fingerprint density at radius 2 is 1.52 bits per heavy atom.